The number of thioether (sulfide) groups is 1. The highest BCUT2D eigenvalue weighted by atomic mass is 32.2. The largest absolute Gasteiger partial charge is 0.305 e. The molecule has 1 aliphatic heterocycles. The molecule has 1 atom stereocenters. The number of benzene rings is 1. The fraction of sp³-hybridized carbons (Fsp3) is 0.500. The lowest BCUT2D eigenvalue weighted by atomic mass is 10.2. The zero-order chi connectivity index (χ0) is 9.80. The smallest absolute Gasteiger partial charge is 0.0580 e. The summed E-state index contributed by atoms with van der Waals surface area (Å²) < 4.78 is 0. The molecule has 0 saturated carbocycles. The highest BCUT2D eigenvalue weighted by molar-refractivity contribution is 7.99. The number of rotatable bonds is 3. The van der Waals surface area contributed by atoms with Crippen LogP contribution in [0.2, 0.25) is 0 Å². The zero-order valence-corrected chi connectivity index (χ0v) is 9.44. The summed E-state index contributed by atoms with van der Waals surface area (Å²) in [4.78, 5) is 1.39. The molecular formula is C12H17NS. The Hall–Kier alpha value is -0.470. The summed E-state index contributed by atoms with van der Waals surface area (Å²) >= 11 is 1.96. The topological polar surface area (TPSA) is 12.0 Å². The predicted molar refractivity (Wildman–Crippen MR) is 62.7 cm³/mol. The lowest BCUT2D eigenvalue weighted by molar-refractivity contribution is 0.806. The average molecular weight is 207 g/mol. The minimum atomic E-state index is 0.641. The highest BCUT2D eigenvalue weighted by Crippen LogP contribution is 2.27. The van der Waals surface area contributed by atoms with Crippen LogP contribution in [0.4, 0.5) is 0 Å². The Morgan fingerprint density at radius 1 is 1.36 bits per heavy atom. The molecule has 0 spiro atoms. The monoisotopic (exact) mass is 207 g/mol. The summed E-state index contributed by atoms with van der Waals surface area (Å²) in [5.74, 6) is 0. The fourth-order valence-corrected chi connectivity index (χ4v) is 2.83. The third kappa shape index (κ3) is 2.52. The van der Waals surface area contributed by atoms with Crippen molar-refractivity contribution in [1.29, 1.82) is 0 Å². The molecule has 0 aliphatic carbocycles. The zero-order valence-electron chi connectivity index (χ0n) is 8.62. The van der Waals surface area contributed by atoms with Crippen molar-refractivity contribution in [3.63, 3.8) is 0 Å². The summed E-state index contributed by atoms with van der Waals surface area (Å²) in [5.41, 5.74) is 1.42. The van der Waals surface area contributed by atoms with E-state index in [4.69, 9.17) is 0 Å². The van der Waals surface area contributed by atoms with E-state index >= 15 is 0 Å². The quantitative estimate of drug-likeness (QED) is 0.817. The van der Waals surface area contributed by atoms with Crippen LogP contribution in [0.5, 0.6) is 0 Å². The van der Waals surface area contributed by atoms with Gasteiger partial charge < -0.3 is 5.32 Å². The third-order valence-electron chi connectivity index (χ3n) is 2.63. The molecule has 1 fully saturated rings. The maximum Gasteiger partial charge on any atom is 0.0580 e. The van der Waals surface area contributed by atoms with Gasteiger partial charge in [0.05, 0.1) is 5.37 Å². The fourth-order valence-electron chi connectivity index (χ4n) is 1.72. The minimum Gasteiger partial charge on any atom is -0.305 e. The molecule has 1 heterocycles. The predicted octanol–water partition coefficient (Wildman–Crippen LogP) is 3.05. The van der Waals surface area contributed by atoms with Crippen molar-refractivity contribution in [2.75, 3.05) is 6.54 Å². The summed E-state index contributed by atoms with van der Waals surface area (Å²) in [7, 11) is 0. The van der Waals surface area contributed by atoms with E-state index in [-0.39, 0.29) is 0 Å². The van der Waals surface area contributed by atoms with Crippen LogP contribution in [0.3, 0.4) is 0 Å². The van der Waals surface area contributed by atoms with Gasteiger partial charge in [-0.15, -0.1) is 11.8 Å². The van der Waals surface area contributed by atoms with Crippen LogP contribution < -0.4 is 5.32 Å². The maximum atomic E-state index is 3.50. The third-order valence-corrected chi connectivity index (χ3v) is 3.86. The van der Waals surface area contributed by atoms with E-state index < -0.39 is 0 Å². The molecular weight excluding hydrogens is 190 g/mol. The molecule has 0 radical (unpaired) electrons. The first-order chi connectivity index (χ1) is 6.88. The van der Waals surface area contributed by atoms with Crippen molar-refractivity contribution in [3.8, 4) is 0 Å². The van der Waals surface area contributed by atoms with Gasteiger partial charge in [0, 0.05) is 4.90 Å². The van der Waals surface area contributed by atoms with Crippen LogP contribution in [0, 0.1) is 0 Å². The Morgan fingerprint density at radius 2 is 2.14 bits per heavy atom. The van der Waals surface area contributed by atoms with Crippen molar-refractivity contribution >= 4 is 11.8 Å². The first-order valence-electron chi connectivity index (χ1n) is 5.37. The molecule has 0 aromatic heterocycles. The Kier molecular flexibility index (Phi) is 3.49. The standard InChI is InChI=1S/C12H17NS/c1-2-10-5-7-11(8-6-10)14-12-4-3-9-13-12/h5-8,12-13H,2-4,9H2,1H3. The second kappa shape index (κ2) is 4.85. The van der Waals surface area contributed by atoms with Crippen molar-refractivity contribution in [1.82, 2.24) is 5.32 Å². The van der Waals surface area contributed by atoms with Crippen LogP contribution >= 0.6 is 11.8 Å². The molecule has 1 unspecified atom stereocenters. The molecule has 14 heavy (non-hydrogen) atoms. The van der Waals surface area contributed by atoms with Gasteiger partial charge in [0.1, 0.15) is 0 Å². The summed E-state index contributed by atoms with van der Waals surface area (Å²) in [5, 5.41) is 4.14. The summed E-state index contributed by atoms with van der Waals surface area (Å²) in [6.45, 7) is 3.38. The molecule has 0 amide bonds. The van der Waals surface area contributed by atoms with Crippen LogP contribution in [0.15, 0.2) is 29.2 Å². The van der Waals surface area contributed by atoms with Crippen LogP contribution in [-0.2, 0) is 6.42 Å². The molecule has 76 valence electrons. The molecule has 1 saturated heterocycles. The lowest BCUT2D eigenvalue weighted by Gasteiger charge is -2.09. The SMILES string of the molecule is CCc1ccc(SC2CCCN2)cc1. The number of hydrogen-bond donors (Lipinski definition) is 1. The van der Waals surface area contributed by atoms with Gasteiger partial charge in [-0.05, 0) is 43.5 Å². The second-order valence-corrected chi connectivity index (χ2v) is 4.98. The van der Waals surface area contributed by atoms with Gasteiger partial charge in [0.25, 0.3) is 0 Å². The Morgan fingerprint density at radius 3 is 2.71 bits per heavy atom. The Balaban J connectivity index is 1.95. The first-order valence-corrected chi connectivity index (χ1v) is 6.25. The van der Waals surface area contributed by atoms with Gasteiger partial charge >= 0.3 is 0 Å². The van der Waals surface area contributed by atoms with E-state index in [0.29, 0.717) is 5.37 Å². The van der Waals surface area contributed by atoms with Gasteiger partial charge in [-0.2, -0.15) is 0 Å². The molecule has 1 aliphatic rings. The van der Waals surface area contributed by atoms with E-state index in [1.807, 2.05) is 11.8 Å². The van der Waals surface area contributed by atoms with E-state index in [9.17, 15) is 0 Å². The molecule has 1 aromatic carbocycles. The first kappa shape index (κ1) is 10.1. The van der Waals surface area contributed by atoms with E-state index in [1.165, 1.54) is 29.8 Å². The normalized spacial score (nSPS) is 21.4. The van der Waals surface area contributed by atoms with Gasteiger partial charge in [-0.25, -0.2) is 0 Å². The molecule has 1 N–H and O–H groups in total. The molecule has 1 nitrogen and oxygen atoms in total. The van der Waals surface area contributed by atoms with E-state index in [0.717, 1.165) is 6.42 Å². The minimum absolute atomic E-state index is 0.641. The van der Waals surface area contributed by atoms with E-state index in [1.54, 1.807) is 0 Å². The lowest BCUT2D eigenvalue weighted by Crippen LogP contribution is -2.16. The molecule has 2 heteroatoms. The highest BCUT2D eigenvalue weighted by Gasteiger charge is 2.14. The van der Waals surface area contributed by atoms with Crippen LogP contribution in [0.1, 0.15) is 25.3 Å². The van der Waals surface area contributed by atoms with Crippen molar-refractivity contribution in [2.45, 2.75) is 36.5 Å². The maximum absolute atomic E-state index is 3.50. The van der Waals surface area contributed by atoms with Crippen LogP contribution in [0.25, 0.3) is 0 Å². The Labute approximate surface area is 90.3 Å². The molecule has 1 aromatic rings. The molecule has 2 rings (SSSR count). The summed E-state index contributed by atoms with van der Waals surface area (Å²) in [6.07, 6.45) is 3.76. The number of hydrogen-bond acceptors (Lipinski definition) is 2. The van der Waals surface area contributed by atoms with Crippen molar-refractivity contribution in [2.24, 2.45) is 0 Å². The van der Waals surface area contributed by atoms with Crippen molar-refractivity contribution in [3.05, 3.63) is 29.8 Å². The van der Waals surface area contributed by atoms with Crippen LogP contribution in [-0.4, -0.2) is 11.9 Å². The second-order valence-electron chi connectivity index (χ2n) is 3.70. The van der Waals surface area contributed by atoms with Crippen molar-refractivity contribution < 1.29 is 0 Å². The number of aryl methyl sites for hydroxylation is 1. The average Bonchev–Trinajstić information content (AvgIpc) is 2.72. The van der Waals surface area contributed by atoms with Gasteiger partial charge in [-0.1, -0.05) is 19.1 Å². The van der Waals surface area contributed by atoms with E-state index in [2.05, 4.69) is 36.5 Å². The van der Waals surface area contributed by atoms with Gasteiger partial charge in [0.15, 0.2) is 0 Å². The summed E-state index contributed by atoms with van der Waals surface area (Å²) in [6, 6.07) is 8.95. The number of nitrogens with one attached hydrogen (secondary N) is 1. The van der Waals surface area contributed by atoms with Gasteiger partial charge in [0.2, 0.25) is 0 Å². The molecule has 0 bridgehead atoms. The Bertz CT molecular complexity index is 275. The van der Waals surface area contributed by atoms with Gasteiger partial charge in [-0.3, -0.25) is 0 Å².